The first-order valence-corrected chi connectivity index (χ1v) is 5.86. The third kappa shape index (κ3) is 4.02. The molecule has 0 aliphatic carbocycles. The molecular formula is C12H18BFO3. The smallest absolute Gasteiger partial charge is 0.492 e. The molecule has 3 nitrogen and oxygen atoms in total. The van der Waals surface area contributed by atoms with Crippen LogP contribution in [0.4, 0.5) is 4.39 Å². The summed E-state index contributed by atoms with van der Waals surface area (Å²) < 4.78 is 18.5. The summed E-state index contributed by atoms with van der Waals surface area (Å²) in [5.74, 6) is 0.236. The van der Waals surface area contributed by atoms with Crippen LogP contribution in [0.2, 0.25) is 0 Å². The van der Waals surface area contributed by atoms with Crippen molar-refractivity contribution in [1.29, 1.82) is 0 Å². The first kappa shape index (κ1) is 14.0. The number of hydrogen-bond acceptors (Lipinski definition) is 3. The minimum Gasteiger partial charge on any atom is -0.494 e. The molecule has 1 aromatic carbocycles. The van der Waals surface area contributed by atoms with E-state index in [2.05, 4.69) is 13.8 Å². The molecule has 1 aromatic rings. The monoisotopic (exact) mass is 240 g/mol. The minimum absolute atomic E-state index is 0.0657. The van der Waals surface area contributed by atoms with E-state index in [1.165, 1.54) is 12.1 Å². The van der Waals surface area contributed by atoms with E-state index in [4.69, 9.17) is 14.8 Å². The van der Waals surface area contributed by atoms with Gasteiger partial charge in [-0.25, -0.2) is 4.39 Å². The van der Waals surface area contributed by atoms with Crippen molar-refractivity contribution in [1.82, 2.24) is 0 Å². The third-order valence-corrected chi connectivity index (χ3v) is 2.88. The Kier molecular flexibility index (Phi) is 5.45. The lowest BCUT2D eigenvalue weighted by molar-refractivity contribution is 0.241. The maximum absolute atomic E-state index is 13.0. The molecule has 1 rings (SSSR count). The minimum atomic E-state index is -1.72. The Morgan fingerprint density at radius 3 is 2.47 bits per heavy atom. The lowest BCUT2D eigenvalue weighted by Gasteiger charge is -2.16. The van der Waals surface area contributed by atoms with E-state index < -0.39 is 12.9 Å². The van der Waals surface area contributed by atoms with Crippen molar-refractivity contribution in [2.45, 2.75) is 26.7 Å². The Labute approximate surface area is 101 Å². The van der Waals surface area contributed by atoms with Crippen molar-refractivity contribution >= 4 is 12.6 Å². The fraction of sp³-hybridized carbons (Fsp3) is 0.500. The topological polar surface area (TPSA) is 49.7 Å². The van der Waals surface area contributed by atoms with E-state index in [1.807, 2.05) is 0 Å². The van der Waals surface area contributed by atoms with Gasteiger partial charge in [0.2, 0.25) is 0 Å². The standard InChI is InChI=1S/C12H18BFO3/c1-3-9(4-2)8-17-12-6-5-10(14)7-11(12)13(15)16/h5-7,9,15-16H,3-4,8H2,1-2H3. The molecule has 0 aliphatic heterocycles. The zero-order valence-electron chi connectivity index (χ0n) is 10.2. The lowest BCUT2D eigenvalue weighted by Crippen LogP contribution is -2.32. The van der Waals surface area contributed by atoms with Gasteiger partial charge in [0.25, 0.3) is 0 Å². The van der Waals surface area contributed by atoms with Crippen LogP contribution in [0, 0.1) is 11.7 Å². The van der Waals surface area contributed by atoms with Crippen molar-refractivity contribution < 1.29 is 19.2 Å². The molecule has 0 bridgehead atoms. The molecule has 0 amide bonds. The molecule has 0 aromatic heterocycles. The van der Waals surface area contributed by atoms with Gasteiger partial charge in [0.1, 0.15) is 11.6 Å². The molecule has 94 valence electrons. The molecule has 0 saturated carbocycles. The van der Waals surface area contributed by atoms with Crippen LogP contribution in [0.3, 0.4) is 0 Å². The summed E-state index contributed by atoms with van der Waals surface area (Å²) in [7, 11) is -1.72. The predicted molar refractivity (Wildman–Crippen MR) is 65.8 cm³/mol. The normalized spacial score (nSPS) is 10.7. The van der Waals surface area contributed by atoms with Gasteiger partial charge in [-0.1, -0.05) is 26.7 Å². The fourth-order valence-electron chi connectivity index (χ4n) is 1.58. The fourth-order valence-corrected chi connectivity index (χ4v) is 1.58. The van der Waals surface area contributed by atoms with Crippen molar-refractivity contribution in [2.24, 2.45) is 5.92 Å². The zero-order valence-corrected chi connectivity index (χ0v) is 10.2. The van der Waals surface area contributed by atoms with Crippen molar-refractivity contribution in [3.05, 3.63) is 24.0 Å². The van der Waals surface area contributed by atoms with Gasteiger partial charge < -0.3 is 14.8 Å². The van der Waals surface area contributed by atoms with E-state index in [-0.39, 0.29) is 5.46 Å². The quantitative estimate of drug-likeness (QED) is 0.737. The van der Waals surface area contributed by atoms with Gasteiger partial charge in [-0.2, -0.15) is 0 Å². The highest BCUT2D eigenvalue weighted by molar-refractivity contribution is 6.59. The van der Waals surface area contributed by atoms with Crippen LogP contribution in [0.1, 0.15) is 26.7 Å². The number of halogens is 1. The summed E-state index contributed by atoms with van der Waals surface area (Å²) in [6.45, 7) is 4.65. The molecule has 0 heterocycles. The third-order valence-electron chi connectivity index (χ3n) is 2.88. The Morgan fingerprint density at radius 1 is 1.29 bits per heavy atom. The molecule has 0 saturated heterocycles. The van der Waals surface area contributed by atoms with Gasteiger partial charge in [0.15, 0.2) is 0 Å². The largest absolute Gasteiger partial charge is 0.494 e. The number of benzene rings is 1. The maximum Gasteiger partial charge on any atom is 0.492 e. The number of ether oxygens (including phenoxy) is 1. The summed E-state index contributed by atoms with van der Waals surface area (Å²) in [5, 5.41) is 18.2. The Bertz CT molecular complexity index is 354. The van der Waals surface area contributed by atoms with Crippen LogP contribution >= 0.6 is 0 Å². The molecule has 0 fully saturated rings. The van der Waals surface area contributed by atoms with Gasteiger partial charge in [0.05, 0.1) is 6.61 Å². The maximum atomic E-state index is 13.0. The second-order valence-electron chi connectivity index (χ2n) is 4.05. The van der Waals surface area contributed by atoms with E-state index in [0.29, 0.717) is 18.3 Å². The first-order valence-electron chi connectivity index (χ1n) is 5.86. The number of rotatable bonds is 6. The summed E-state index contributed by atoms with van der Waals surface area (Å²) in [5.41, 5.74) is 0.0657. The lowest BCUT2D eigenvalue weighted by atomic mass is 9.79. The summed E-state index contributed by atoms with van der Waals surface area (Å²) in [6, 6.07) is 3.74. The van der Waals surface area contributed by atoms with E-state index in [0.717, 1.165) is 18.9 Å². The Hall–Kier alpha value is -1.07. The average Bonchev–Trinajstić information content (AvgIpc) is 2.31. The molecule has 0 spiro atoms. The molecule has 2 N–H and O–H groups in total. The van der Waals surface area contributed by atoms with Crippen LogP contribution in [0.15, 0.2) is 18.2 Å². The van der Waals surface area contributed by atoms with Gasteiger partial charge >= 0.3 is 7.12 Å². The molecule has 0 atom stereocenters. The summed E-state index contributed by atoms with van der Waals surface area (Å²) in [4.78, 5) is 0. The average molecular weight is 240 g/mol. The van der Waals surface area contributed by atoms with Crippen LogP contribution in [-0.4, -0.2) is 23.8 Å². The van der Waals surface area contributed by atoms with Gasteiger partial charge in [-0.3, -0.25) is 0 Å². The van der Waals surface area contributed by atoms with E-state index in [1.54, 1.807) is 0 Å². The van der Waals surface area contributed by atoms with Crippen molar-refractivity contribution in [2.75, 3.05) is 6.61 Å². The molecule has 0 aliphatic rings. The van der Waals surface area contributed by atoms with E-state index in [9.17, 15) is 4.39 Å². The zero-order chi connectivity index (χ0) is 12.8. The molecule has 17 heavy (non-hydrogen) atoms. The Balaban J connectivity index is 2.76. The SMILES string of the molecule is CCC(CC)COc1ccc(F)cc1B(O)O. The summed E-state index contributed by atoms with van der Waals surface area (Å²) >= 11 is 0. The van der Waals surface area contributed by atoms with Crippen molar-refractivity contribution in [3.63, 3.8) is 0 Å². The second-order valence-corrected chi connectivity index (χ2v) is 4.05. The highest BCUT2D eigenvalue weighted by Crippen LogP contribution is 2.14. The van der Waals surface area contributed by atoms with Gasteiger partial charge in [0, 0.05) is 5.46 Å². The van der Waals surface area contributed by atoms with Crippen molar-refractivity contribution in [3.8, 4) is 5.75 Å². The Morgan fingerprint density at radius 2 is 1.94 bits per heavy atom. The highest BCUT2D eigenvalue weighted by Gasteiger charge is 2.18. The van der Waals surface area contributed by atoms with Crippen LogP contribution in [0.5, 0.6) is 5.75 Å². The number of hydrogen-bond donors (Lipinski definition) is 2. The molecule has 0 unspecified atom stereocenters. The summed E-state index contributed by atoms with van der Waals surface area (Å²) in [6.07, 6.45) is 1.99. The van der Waals surface area contributed by atoms with Gasteiger partial charge in [-0.15, -0.1) is 0 Å². The predicted octanol–water partition coefficient (Wildman–Crippen LogP) is 1.32. The van der Waals surface area contributed by atoms with Crippen LogP contribution in [-0.2, 0) is 0 Å². The molecular weight excluding hydrogens is 222 g/mol. The second kappa shape index (κ2) is 6.62. The van der Waals surface area contributed by atoms with E-state index >= 15 is 0 Å². The highest BCUT2D eigenvalue weighted by atomic mass is 19.1. The molecule has 5 heteroatoms. The first-order chi connectivity index (χ1) is 8.08. The molecule has 0 radical (unpaired) electrons. The van der Waals surface area contributed by atoms with Crippen LogP contribution < -0.4 is 10.2 Å². The van der Waals surface area contributed by atoms with Gasteiger partial charge in [-0.05, 0) is 24.1 Å². The van der Waals surface area contributed by atoms with Crippen LogP contribution in [0.25, 0.3) is 0 Å².